The zero-order valence-corrected chi connectivity index (χ0v) is 12.3. The highest BCUT2D eigenvalue weighted by atomic mass is 32.1. The van der Waals surface area contributed by atoms with Gasteiger partial charge in [0.05, 0.1) is 11.1 Å². The molecule has 1 amide bonds. The van der Waals surface area contributed by atoms with Crippen molar-refractivity contribution in [1.29, 1.82) is 0 Å². The van der Waals surface area contributed by atoms with Crippen LogP contribution in [-0.2, 0) is 0 Å². The number of carbonyl (C=O) groups is 2. The first-order chi connectivity index (χ1) is 9.38. The Balaban J connectivity index is 2.26. The fourth-order valence-corrected chi connectivity index (χ4v) is 2.91. The van der Waals surface area contributed by atoms with E-state index in [2.05, 4.69) is 5.32 Å². The number of aromatic carboxylic acids is 1. The van der Waals surface area contributed by atoms with Crippen molar-refractivity contribution in [3.05, 3.63) is 50.7 Å². The second kappa shape index (κ2) is 5.46. The van der Waals surface area contributed by atoms with E-state index in [0.717, 1.165) is 9.75 Å². The topological polar surface area (TPSA) is 66.4 Å². The number of anilines is 1. The summed E-state index contributed by atoms with van der Waals surface area (Å²) in [6, 6.07) is 6.70. The van der Waals surface area contributed by atoms with Crippen LogP contribution in [0.4, 0.5) is 5.69 Å². The lowest BCUT2D eigenvalue weighted by atomic mass is 10.1. The van der Waals surface area contributed by atoms with Crippen LogP contribution in [0.3, 0.4) is 0 Å². The third-order valence-electron chi connectivity index (χ3n) is 3.01. The molecule has 0 spiro atoms. The maximum atomic E-state index is 12.2. The van der Waals surface area contributed by atoms with E-state index >= 15 is 0 Å². The van der Waals surface area contributed by atoms with Crippen LogP contribution in [0.1, 0.15) is 36.0 Å². The average molecular weight is 289 g/mol. The Morgan fingerprint density at radius 1 is 1.10 bits per heavy atom. The Hall–Kier alpha value is -2.14. The summed E-state index contributed by atoms with van der Waals surface area (Å²) in [5.41, 5.74) is 1.98. The summed E-state index contributed by atoms with van der Waals surface area (Å²) in [4.78, 5) is 25.3. The van der Waals surface area contributed by atoms with Gasteiger partial charge in [0, 0.05) is 15.4 Å². The average Bonchev–Trinajstić information content (AvgIpc) is 2.70. The predicted molar refractivity (Wildman–Crippen MR) is 79.9 cm³/mol. The lowest BCUT2D eigenvalue weighted by Crippen LogP contribution is -2.13. The van der Waals surface area contributed by atoms with Gasteiger partial charge >= 0.3 is 5.97 Å². The van der Waals surface area contributed by atoms with Crippen molar-refractivity contribution < 1.29 is 14.7 Å². The molecule has 4 nitrogen and oxygen atoms in total. The molecule has 0 radical (unpaired) electrons. The molecule has 0 fully saturated rings. The number of hydrogen-bond donors (Lipinski definition) is 2. The van der Waals surface area contributed by atoms with Gasteiger partial charge in [0.25, 0.3) is 5.91 Å². The van der Waals surface area contributed by atoms with Crippen LogP contribution >= 0.6 is 11.3 Å². The molecule has 2 rings (SSSR count). The van der Waals surface area contributed by atoms with Crippen molar-refractivity contribution in [3.63, 3.8) is 0 Å². The number of amides is 1. The summed E-state index contributed by atoms with van der Waals surface area (Å²) < 4.78 is 0. The Bertz CT molecular complexity index is 688. The van der Waals surface area contributed by atoms with Crippen molar-refractivity contribution >= 4 is 28.9 Å². The Morgan fingerprint density at radius 3 is 2.35 bits per heavy atom. The summed E-state index contributed by atoms with van der Waals surface area (Å²) in [5, 5.41) is 11.8. The zero-order chi connectivity index (χ0) is 14.9. The van der Waals surface area contributed by atoms with Crippen LogP contribution in [0.2, 0.25) is 0 Å². The van der Waals surface area contributed by atoms with E-state index in [1.165, 1.54) is 6.07 Å². The highest BCUT2D eigenvalue weighted by Gasteiger charge is 2.14. The normalized spacial score (nSPS) is 10.3. The molecule has 20 heavy (non-hydrogen) atoms. The summed E-state index contributed by atoms with van der Waals surface area (Å²) >= 11 is 1.56. The monoisotopic (exact) mass is 289 g/mol. The lowest BCUT2D eigenvalue weighted by Gasteiger charge is -2.07. The molecular formula is C15H15NO3S. The highest BCUT2D eigenvalue weighted by Crippen LogP contribution is 2.22. The Labute approximate surface area is 121 Å². The smallest absolute Gasteiger partial charge is 0.336 e. The summed E-state index contributed by atoms with van der Waals surface area (Å²) in [6.45, 7) is 5.56. The van der Waals surface area contributed by atoms with Gasteiger partial charge in [-0.2, -0.15) is 0 Å². The summed E-state index contributed by atoms with van der Waals surface area (Å²) in [7, 11) is 0. The molecule has 2 N–H and O–H groups in total. The number of carboxylic acid groups (broad SMARTS) is 1. The number of benzene rings is 1. The van der Waals surface area contributed by atoms with Crippen LogP contribution in [0.5, 0.6) is 0 Å². The molecule has 1 aromatic heterocycles. The fourth-order valence-electron chi connectivity index (χ4n) is 1.98. The van der Waals surface area contributed by atoms with Crippen molar-refractivity contribution in [2.45, 2.75) is 20.8 Å². The molecule has 0 saturated heterocycles. The van der Waals surface area contributed by atoms with Crippen LogP contribution < -0.4 is 5.32 Å². The van der Waals surface area contributed by atoms with Gasteiger partial charge in [-0.1, -0.05) is 6.07 Å². The number of nitrogens with one attached hydrogen (secondary N) is 1. The molecule has 0 unspecified atom stereocenters. The number of carboxylic acids is 1. The molecular weight excluding hydrogens is 274 g/mol. The van der Waals surface area contributed by atoms with E-state index < -0.39 is 5.97 Å². The maximum absolute atomic E-state index is 12.2. The van der Waals surface area contributed by atoms with Crippen LogP contribution in [-0.4, -0.2) is 17.0 Å². The first-order valence-electron chi connectivity index (χ1n) is 6.11. The zero-order valence-electron chi connectivity index (χ0n) is 11.5. The van der Waals surface area contributed by atoms with E-state index in [4.69, 9.17) is 5.11 Å². The van der Waals surface area contributed by atoms with Gasteiger partial charge in [0.1, 0.15) is 0 Å². The molecule has 0 saturated carbocycles. The maximum Gasteiger partial charge on any atom is 0.336 e. The second-order valence-electron chi connectivity index (χ2n) is 4.62. The minimum atomic E-state index is -0.999. The molecule has 0 aliphatic rings. The predicted octanol–water partition coefficient (Wildman–Crippen LogP) is 3.62. The standard InChI is InChI=1S/C15H15NO3S/c1-8-4-5-11(7-12(8)15(18)19)16-14(17)13-6-9(2)20-10(13)3/h4-7H,1-3H3,(H,16,17)(H,18,19). The summed E-state index contributed by atoms with van der Waals surface area (Å²) in [5.74, 6) is -1.21. The van der Waals surface area contributed by atoms with Gasteiger partial charge in [-0.05, 0) is 44.5 Å². The Kier molecular flexibility index (Phi) is 3.90. The third-order valence-corrected chi connectivity index (χ3v) is 3.98. The first kappa shape index (κ1) is 14.3. The van der Waals surface area contributed by atoms with E-state index in [0.29, 0.717) is 16.8 Å². The summed E-state index contributed by atoms with van der Waals surface area (Å²) in [6.07, 6.45) is 0. The van der Waals surface area contributed by atoms with E-state index in [1.807, 2.05) is 19.9 Å². The van der Waals surface area contributed by atoms with Gasteiger partial charge < -0.3 is 10.4 Å². The van der Waals surface area contributed by atoms with Gasteiger partial charge in [0.15, 0.2) is 0 Å². The largest absolute Gasteiger partial charge is 0.478 e. The van der Waals surface area contributed by atoms with Crippen LogP contribution in [0.25, 0.3) is 0 Å². The van der Waals surface area contributed by atoms with Crippen molar-refractivity contribution in [1.82, 2.24) is 0 Å². The number of carbonyl (C=O) groups excluding carboxylic acids is 1. The molecule has 1 aromatic carbocycles. The van der Waals surface area contributed by atoms with Crippen molar-refractivity contribution in [3.8, 4) is 0 Å². The molecule has 104 valence electrons. The van der Waals surface area contributed by atoms with E-state index in [-0.39, 0.29) is 11.5 Å². The highest BCUT2D eigenvalue weighted by molar-refractivity contribution is 7.12. The number of hydrogen-bond acceptors (Lipinski definition) is 3. The quantitative estimate of drug-likeness (QED) is 0.906. The minimum Gasteiger partial charge on any atom is -0.478 e. The Morgan fingerprint density at radius 2 is 1.80 bits per heavy atom. The van der Waals surface area contributed by atoms with Crippen LogP contribution in [0.15, 0.2) is 24.3 Å². The lowest BCUT2D eigenvalue weighted by molar-refractivity contribution is 0.0695. The molecule has 0 aliphatic heterocycles. The minimum absolute atomic E-state index is 0.195. The van der Waals surface area contributed by atoms with E-state index in [9.17, 15) is 9.59 Å². The van der Waals surface area contributed by atoms with Crippen molar-refractivity contribution in [2.24, 2.45) is 0 Å². The number of thiophene rings is 1. The first-order valence-corrected chi connectivity index (χ1v) is 6.92. The molecule has 0 bridgehead atoms. The van der Waals surface area contributed by atoms with Gasteiger partial charge in [-0.15, -0.1) is 11.3 Å². The SMILES string of the molecule is Cc1cc(C(=O)Nc2ccc(C)c(C(=O)O)c2)c(C)s1. The van der Waals surface area contributed by atoms with Crippen LogP contribution in [0, 0.1) is 20.8 Å². The number of rotatable bonds is 3. The molecule has 0 atom stereocenters. The van der Waals surface area contributed by atoms with Crippen molar-refractivity contribution in [2.75, 3.05) is 5.32 Å². The van der Waals surface area contributed by atoms with Gasteiger partial charge in [-0.3, -0.25) is 4.79 Å². The van der Waals surface area contributed by atoms with E-state index in [1.54, 1.807) is 30.4 Å². The molecule has 1 heterocycles. The molecule has 0 aliphatic carbocycles. The fraction of sp³-hybridized carbons (Fsp3) is 0.200. The number of aryl methyl sites for hydroxylation is 3. The molecule has 5 heteroatoms. The van der Waals surface area contributed by atoms with Gasteiger partial charge in [-0.25, -0.2) is 4.79 Å². The van der Waals surface area contributed by atoms with Gasteiger partial charge in [0.2, 0.25) is 0 Å². The molecule has 2 aromatic rings. The second-order valence-corrected chi connectivity index (χ2v) is 6.08. The third kappa shape index (κ3) is 2.88.